The highest BCUT2D eigenvalue weighted by molar-refractivity contribution is 9.11. The Morgan fingerprint density at radius 2 is 0.930 bits per heavy atom. The van der Waals surface area contributed by atoms with E-state index in [1.165, 1.54) is 35.4 Å². The molecule has 5 aromatic rings. The lowest BCUT2D eigenvalue weighted by Gasteiger charge is -2.27. The van der Waals surface area contributed by atoms with Gasteiger partial charge in [0.1, 0.15) is 48.4 Å². The quantitative estimate of drug-likeness (QED) is 0.0743. The van der Waals surface area contributed by atoms with Crippen LogP contribution in [0.5, 0.6) is 23.0 Å². The van der Waals surface area contributed by atoms with Crippen molar-refractivity contribution in [2.24, 2.45) is 5.14 Å². The molecule has 15 heteroatoms. The standard InChI is InChI=1S/C21H24O4.C15H12Br4O2.C6H8N2O2S/c1-21(2,15-3-7-17(8-4-15)22-11-19-13-24-19)16-5-9-18(10-6-16)23-12-20-14-25-20;1-15(2,7-3-9(16)13(20)10(17)4-7)8-5-11(18)14(21)12(19)6-8;7-5-1-3-6(4-2-5)11(8,9)10/h3-10,19-20H,11-14H2,1-2H3;3-6,20-21H,1-2H3;1-4H,7H2,(H2,8,9,10). The van der Waals surface area contributed by atoms with Crippen LogP contribution in [0.1, 0.15) is 49.9 Å². The third-order valence-electron chi connectivity index (χ3n) is 9.51. The minimum Gasteiger partial charge on any atom is -0.506 e. The smallest absolute Gasteiger partial charge is 0.238 e. The fourth-order valence-corrected chi connectivity index (χ4v) is 8.37. The number of hydrogen-bond acceptors (Lipinski definition) is 9. The van der Waals surface area contributed by atoms with Gasteiger partial charge in [0.05, 0.1) is 36.0 Å². The van der Waals surface area contributed by atoms with Crippen molar-refractivity contribution in [2.75, 3.05) is 32.2 Å². The topological polar surface area (TPSA) is 170 Å². The number of hydrogen-bond donors (Lipinski definition) is 4. The summed E-state index contributed by atoms with van der Waals surface area (Å²) >= 11 is 13.5. The van der Waals surface area contributed by atoms with E-state index in [9.17, 15) is 18.6 Å². The van der Waals surface area contributed by atoms with Gasteiger partial charge >= 0.3 is 0 Å². The van der Waals surface area contributed by atoms with Crippen molar-refractivity contribution in [1.82, 2.24) is 0 Å². The van der Waals surface area contributed by atoms with E-state index in [0.717, 1.165) is 35.8 Å². The summed E-state index contributed by atoms with van der Waals surface area (Å²) in [5.74, 6) is 2.15. The number of primary sulfonamides is 1. The van der Waals surface area contributed by atoms with Gasteiger partial charge in [-0.2, -0.15) is 0 Å². The van der Waals surface area contributed by atoms with E-state index in [4.69, 9.17) is 29.8 Å². The number of phenols is 2. The van der Waals surface area contributed by atoms with E-state index < -0.39 is 10.0 Å². The number of anilines is 1. The molecule has 0 aliphatic carbocycles. The zero-order valence-corrected chi connectivity index (χ0v) is 38.8. The van der Waals surface area contributed by atoms with Gasteiger partial charge in [0, 0.05) is 16.5 Å². The maximum absolute atomic E-state index is 10.7. The largest absolute Gasteiger partial charge is 0.506 e. The second kappa shape index (κ2) is 18.8. The molecule has 2 heterocycles. The first-order chi connectivity index (χ1) is 26.7. The fourth-order valence-electron chi connectivity index (χ4n) is 5.49. The van der Waals surface area contributed by atoms with Crippen LogP contribution in [-0.2, 0) is 30.3 Å². The average molecular weight is 1060 g/mol. The molecule has 2 atom stereocenters. The molecule has 0 bridgehead atoms. The number of nitrogen functional groups attached to an aromatic ring is 1. The molecule has 0 amide bonds. The van der Waals surface area contributed by atoms with Crippen molar-refractivity contribution in [3.05, 3.63) is 137 Å². The predicted octanol–water partition coefficient (Wildman–Crippen LogP) is 9.96. The van der Waals surface area contributed by atoms with E-state index in [2.05, 4.69) is 116 Å². The van der Waals surface area contributed by atoms with E-state index in [0.29, 0.717) is 36.8 Å². The molecular weight excluding hydrogens is 1010 g/mol. The van der Waals surface area contributed by atoms with Gasteiger partial charge in [-0.1, -0.05) is 52.0 Å². The molecule has 0 saturated carbocycles. The predicted molar refractivity (Wildman–Crippen MR) is 237 cm³/mol. The van der Waals surface area contributed by atoms with Gasteiger partial charge in [-0.3, -0.25) is 0 Å². The molecule has 6 N–H and O–H groups in total. The van der Waals surface area contributed by atoms with Crippen molar-refractivity contribution < 1.29 is 37.6 Å². The average Bonchev–Trinajstić information content (AvgIpc) is 4.11. The molecule has 0 radical (unpaired) electrons. The van der Waals surface area contributed by atoms with Crippen molar-refractivity contribution in [3.63, 3.8) is 0 Å². The second-order valence-electron chi connectivity index (χ2n) is 14.5. The SMILES string of the molecule is CC(C)(c1cc(Br)c(O)c(Br)c1)c1cc(Br)c(O)c(Br)c1.CC(C)(c1ccc(OCC2CO2)cc1)c1ccc(OCC2CO2)cc1.Nc1ccc(S(N)(=O)=O)cc1. The molecule has 57 heavy (non-hydrogen) atoms. The van der Waals surface area contributed by atoms with Crippen molar-refractivity contribution in [2.45, 2.75) is 55.6 Å². The van der Waals surface area contributed by atoms with E-state index in [1.807, 2.05) is 48.5 Å². The molecule has 10 nitrogen and oxygen atoms in total. The maximum atomic E-state index is 10.7. The van der Waals surface area contributed by atoms with Crippen LogP contribution < -0.4 is 20.3 Å². The molecule has 7 rings (SSSR count). The molecule has 2 unspecified atom stereocenters. The highest BCUT2D eigenvalue weighted by atomic mass is 79.9. The molecule has 0 spiro atoms. The van der Waals surface area contributed by atoms with Gasteiger partial charge in [0.2, 0.25) is 10.0 Å². The number of ether oxygens (including phenoxy) is 4. The number of halogens is 4. The van der Waals surface area contributed by atoms with Gasteiger partial charge in [-0.25, -0.2) is 13.6 Å². The van der Waals surface area contributed by atoms with Crippen molar-refractivity contribution in [1.29, 1.82) is 0 Å². The first kappa shape index (κ1) is 44.9. The Morgan fingerprint density at radius 3 is 1.23 bits per heavy atom. The van der Waals surface area contributed by atoms with Crippen LogP contribution in [0.4, 0.5) is 5.69 Å². The zero-order valence-electron chi connectivity index (χ0n) is 31.6. The first-order valence-electron chi connectivity index (χ1n) is 17.7. The third-order valence-corrected chi connectivity index (χ3v) is 12.9. The third kappa shape index (κ3) is 12.4. The maximum Gasteiger partial charge on any atom is 0.238 e. The summed E-state index contributed by atoms with van der Waals surface area (Å²) in [5.41, 5.74) is 10.0. The van der Waals surface area contributed by atoms with Crippen LogP contribution >= 0.6 is 63.7 Å². The number of benzene rings is 5. The Labute approximate surface area is 367 Å². The molecule has 2 aliphatic heterocycles. The Bertz CT molecular complexity index is 2100. The molecule has 2 aliphatic rings. The van der Waals surface area contributed by atoms with Crippen LogP contribution in [0.3, 0.4) is 0 Å². The number of rotatable bonds is 11. The Morgan fingerprint density at radius 1 is 0.614 bits per heavy atom. The number of sulfonamides is 1. The summed E-state index contributed by atoms with van der Waals surface area (Å²) < 4.78 is 45.7. The van der Waals surface area contributed by atoms with Gasteiger partial charge in [0.25, 0.3) is 0 Å². The van der Waals surface area contributed by atoms with Gasteiger partial charge < -0.3 is 34.9 Å². The lowest BCUT2D eigenvalue weighted by Crippen LogP contribution is -2.19. The summed E-state index contributed by atoms with van der Waals surface area (Å²) in [7, 11) is -3.58. The molecule has 2 fully saturated rings. The van der Waals surface area contributed by atoms with Crippen LogP contribution in [-0.4, -0.2) is 57.3 Å². The van der Waals surface area contributed by atoms with E-state index >= 15 is 0 Å². The summed E-state index contributed by atoms with van der Waals surface area (Å²) in [6, 6.07) is 30.0. The van der Waals surface area contributed by atoms with Crippen LogP contribution in [0.2, 0.25) is 0 Å². The summed E-state index contributed by atoms with van der Waals surface area (Å²) in [6.07, 6.45) is 0.562. The number of nitrogens with two attached hydrogens (primary N) is 2. The Kier molecular flexibility index (Phi) is 14.9. The van der Waals surface area contributed by atoms with Crippen molar-refractivity contribution >= 4 is 79.4 Å². The highest BCUT2D eigenvalue weighted by Crippen LogP contribution is 2.43. The summed E-state index contributed by atoms with van der Waals surface area (Å²) in [6.45, 7) is 11.5. The van der Waals surface area contributed by atoms with Gasteiger partial charge in [-0.15, -0.1) is 0 Å². The Hall–Kier alpha value is -3.15. The van der Waals surface area contributed by atoms with E-state index in [1.54, 1.807) is 0 Å². The molecule has 304 valence electrons. The lowest BCUT2D eigenvalue weighted by molar-refractivity contribution is 0.263. The highest BCUT2D eigenvalue weighted by Gasteiger charge is 2.28. The van der Waals surface area contributed by atoms with E-state index in [-0.39, 0.29) is 39.4 Å². The van der Waals surface area contributed by atoms with Gasteiger partial charge in [0.15, 0.2) is 0 Å². The zero-order chi connectivity index (χ0) is 41.7. The fraction of sp³-hybridized carbons (Fsp3) is 0.286. The first-order valence-corrected chi connectivity index (χ1v) is 22.4. The number of epoxide rings is 2. The molecular formula is C42H44Br4N2O8S. The van der Waals surface area contributed by atoms with Crippen LogP contribution in [0, 0.1) is 0 Å². The number of phenolic OH excluding ortho intramolecular Hbond substituents is 2. The monoisotopic (exact) mass is 1050 g/mol. The van der Waals surface area contributed by atoms with Crippen LogP contribution in [0.25, 0.3) is 0 Å². The number of aromatic hydroxyl groups is 2. The van der Waals surface area contributed by atoms with Crippen LogP contribution in [0.15, 0.2) is 120 Å². The minimum absolute atomic E-state index is 0.0756. The summed E-state index contributed by atoms with van der Waals surface area (Å²) in [4.78, 5) is 0.0756. The lowest BCUT2D eigenvalue weighted by atomic mass is 9.78. The normalized spacial score (nSPS) is 16.0. The molecule has 0 aromatic heterocycles. The second-order valence-corrected chi connectivity index (χ2v) is 19.5. The molecule has 2 saturated heterocycles. The Balaban J connectivity index is 0.000000175. The van der Waals surface area contributed by atoms with Crippen molar-refractivity contribution in [3.8, 4) is 23.0 Å². The summed E-state index contributed by atoms with van der Waals surface area (Å²) in [5, 5.41) is 24.5. The minimum atomic E-state index is -3.58. The molecule has 5 aromatic carbocycles. The van der Waals surface area contributed by atoms with Gasteiger partial charge in [-0.05, 0) is 159 Å².